The van der Waals surface area contributed by atoms with E-state index >= 15 is 0 Å². The van der Waals surface area contributed by atoms with Gasteiger partial charge in [-0.3, -0.25) is 4.98 Å². The summed E-state index contributed by atoms with van der Waals surface area (Å²) in [6.07, 6.45) is 3.16. The van der Waals surface area contributed by atoms with Crippen LogP contribution in [0.4, 0.5) is 0 Å². The maximum absolute atomic E-state index is 10.3. The zero-order valence-corrected chi connectivity index (χ0v) is 13.6. The lowest BCUT2D eigenvalue weighted by Crippen LogP contribution is -2.41. The van der Waals surface area contributed by atoms with Gasteiger partial charge in [-0.2, -0.15) is 0 Å². The number of hydrogen-bond acceptors (Lipinski definition) is 4. The second-order valence-electron chi connectivity index (χ2n) is 6.73. The molecule has 20 heavy (non-hydrogen) atoms. The molecule has 1 saturated heterocycles. The minimum absolute atomic E-state index is 0.407. The normalized spacial score (nSPS) is 21.3. The number of pyridine rings is 1. The Morgan fingerprint density at radius 2 is 1.65 bits per heavy atom. The monoisotopic (exact) mass is 297 g/mol. The summed E-state index contributed by atoms with van der Waals surface area (Å²) in [7, 11) is -0.590. The van der Waals surface area contributed by atoms with E-state index in [4.69, 9.17) is 20.9 Å². The van der Waals surface area contributed by atoms with Crippen molar-refractivity contribution in [1.29, 1.82) is 0 Å². The van der Waals surface area contributed by atoms with Crippen LogP contribution in [0.3, 0.4) is 0 Å². The van der Waals surface area contributed by atoms with Crippen LogP contribution in [0.1, 0.15) is 47.1 Å². The van der Waals surface area contributed by atoms with Gasteiger partial charge in [0.15, 0.2) is 0 Å². The lowest BCUT2D eigenvalue weighted by atomic mass is 9.73. The van der Waals surface area contributed by atoms with Crippen LogP contribution >= 0.6 is 11.6 Å². The topological polar surface area (TPSA) is 51.6 Å². The first-order chi connectivity index (χ1) is 8.96. The number of halogens is 1. The van der Waals surface area contributed by atoms with E-state index < -0.39 is 23.9 Å². The van der Waals surface area contributed by atoms with E-state index in [2.05, 4.69) is 4.98 Å². The predicted molar refractivity (Wildman–Crippen MR) is 80.2 cm³/mol. The van der Waals surface area contributed by atoms with Crippen molar-refractivity contribution in [2.24, 2.45) is 0 Å². The Kier molecular flexibility index (Phi) is 3.71. The minimum atomic E-state index is -1.10. The molecule has 2 rings (SSSR count). The quantitative estimate of drug-likeness (QED) is 0.851. The molecule has 0 bridgehead atoms. The third-order valence-corrected chi connectivity index (χ3v) is 4.33. The smallest absolute Gasteiger partial charge is 0.399 e. The summed E-state index contributed by atoms with van der Waals surface area (Å²) in [5.74, 6) is 0. The Hall–Kier alpha value is -0.615. The number of hydrogen-bond donors (Lipinski definition) is 1. The number of nitrogens with zero attached hydrogens (tertiary/aromatic N) is 1. The molecule has 1 aromatic rings. The fraction of sp³-hybridized carbons (Fsp3) is 0.643. The van der Waals surface area contributed by atoms with Gasteiger partial charge < -0.3 is 14.4 Å². The summed E-state index contributed by atoms with van der Waals surface area (Å²) >= 11 is 6.20. The number of rotatable bonds is 2. The lowest BCUT2D eigenvalue weighted by Gasteiger charge is -2.32. The molecule has 1 aromatic heterocycles. The third-order valence-electron chi connectivity index (χ3n) is 4.05. The fourth-order valence-corrected chi connectivity index (χ4v) is 2.64. The Morgan fingerprint density at radius 3 is 2.10 bits per heavy atom. The Balaban J connectivity index is 2.49. The van der Waals surface area contributed by atoms with E-state index in [0.29, 0.717) is 16.0 Å². The summed E-state index contributed by atoms with van der Waals surface area (Å²) in [6, 6.07) is 0. The van der Waals surface area contributed by atoms with Gasteiger partial charge in [0.1, 0.15) is 0 Å². The Labute approximate surface area is 125 Å². The van der Waals surface area contributed by atoms with Crippen LogP contribution < -0.4 is 5.46 Å². The van der Waals surface area contributed by atoms with Gasteiger partial charge in [-0.1, -0.05) is 11.6 Å². The SMILES string of the molecule is CC(C)(O)c1c(Cl)cncc1B1OC(C)(C)C(C)(C)O1. The van der Waals surface area contributed by atoms with E-state index in [-0.39, 0.29) is 0 Å². The molecule has 0 saturated carbocycles. The Bertz CT molecular complexity index is 510. The number of aliphatic hydroxyl groups is 1. The van der Waals surface area contributed by atoms with Gasteiger partial charge in [0.2, 0.25) is 0 Å². The third kappa shape index (κ3) is 2.60. The van der Waals surface area contributed by atoms with Crippen molar-refractivity contribution in [2.45, 2.75) is 58.3 Å². The maximum Gasteiger partial charge on any atom is 0.496 e. The van der Waals surface area contributed by atoms with Crippen LogP contribution in [-0.4, -0.2) is 28.4 Å². The first kappa shape index (κ1) is 15.8. The molecular weight excluding hydrogens is 276 g/mol. The molecule has 1 aliphatic rings. The van der Waals surface area contributed by atoms with Crippen LogP contribution in [0, 0.1) is 0 Å². The van der Waals surface area contributed by atoms with E-state index in [1.807, 2.05) is 27.7 Å². The molecule has 1 N–H and O–H groups in total. The van der Waals surface area contributed by atoms with Crippen molar-refractivity contribution in [3.05, 3.63) is 23.0 Å². The van der Waals surface area contributed by atoms with E-state index in [0.717, 1.165) is 0 Å². The van der Waals surface area contributed by atoms with Crippen LogP contribution in [0.15, 0.2) is 12.4 Å². The van der Waals surface area contributed by atoms with Gasteiger partial charge in [0, 0.05) is 23.4 Å². The van der Waals surface area contributed by atoms with Crippen molar-refractivity contribution in [3.8, 4) is 0 Å². The van der Waals surface area contributed by atoms with Gasteiger partial charge >= 0.3 is 7.12 Å². The van der Waals surface area contributed by atoms with Gasteiger partial charge in [0.25, 0.3) is 0 Å². The van der Waals surface area contributed by atoms with Crippen LogP contribution in [0.25, 0.3) is 0 Å². The van der Waals surface area contributed by atoms with Crippen molar-refractivity contribution in [2.75, 3.05) is 0 Å². The molecule has 0 atom stereocenters. The van der Waals surface area contributed by atoms with Crippen molar-refractivity contribution in [3.63, 3.8) is 0 Å². The Morgan fingerprint density at radius 1 is 1.15 bits per heavy atom. The summed E-state index contributed by atoms with van der Waals surface area (Å²) in [5.41, 5.74) is -0.733. The highest BCUT2D eigenvalue weighted by Crippen LogP contribution is 2.37. The number of aromatic nitrogens is 1. The van der Waals surface area contributed by atoms with Gasteiger partial charge in [0.05, 0.1) is 21.8 Å². The van der Waals surface area contributed by atoms with Gasteiger partial charge in [-0.25, -0.2) is 0 Å². The fourth-order valence-electron chi connectivity index (χ4n) is 2.24. The second-order valence-corrected chi connectivity index (χ2v) is 7.14. The van der Waals surface area contributed by atoms with Crippen LogP contribution in [0.2, 0.25) is 5.02 Å². The summed E-state index contributed by atoms with van der Waals surface area (Å²) in [4.78, 5) is 4.10. The van der Waals surface area contributed by atoms with Crippen molar-refractivity contribution in [1.82, 2.24) is 4.98 Å². The molecule has 0 unspecified atom stereocenters. The highest BCUT2D eigenvalue weighted by molar-refractivity contribution is 6.63. The van der Waals surface area contributed by atoms with E-state index in [1.54, 1.807) is 20.0 Å². The molecular formula is C14H21BClNO3. The first-order valence-electron chi connectivity index (χ1n) is 6.67. The van der Waals surface area contributed by atoms with Gasteiger partial charge in [-0.15, -0.1) is 0 Å². The van der Waals surface area contributed by atoms with Crippen LogP contribution in [0.5, 0.6) is 0 Å². The first-order valence-corrected chi connectivity index (χ1v) is 7.05. The predicted octanol–water partition coefficient (Wildman–Crippen LogP) is 2.26. The highest BCUT2D eigenvalue weighted by atomic mass is 35.5. The molecule has 2 heterocycles. The van der Waals surface area contributed by atoms with Crippen molar-refractivity contribution < 1.29 is 14.4 Å². The lowest BCUT2D eigenvalue weighted by molar-refractivity contribution is 0.00578. The maximum atomic E-state index is 10.3. The molecule has 0 aliphatic carbocycles. The molecule has 0 amide bonds. The zero-order chi connectivity index (χ0) is 15.3. The largest absolute Gasteiger partial charge is 0.496 e. The molecule has 0 spiro atoms. The second kappa shape index (κ2) is 4.70. The van der Waals surface area contributed by atoms with Crippen molar-refractivity contribution >= 4 is 24.2 Å². The molecule has 4 nitrogen and oxygen atoms in total. The molecule has 1 aliphatic heterocycles. The van der Waals surface area contributed by atoms with Crippen LogP contribution in [-0.2, 0) is 14.9 Å². The van der Waals surface area contributed by atoms with Gasteiger partial charge in [-0.05, 0) is 41.5 Å². The molecule has 6 heteroatoms. The average Bonchev–Trinajstić information content (AvgIpc) is 2.46. The minimum Gasteiger partial charge on any atom is -0.399 e. The molecule has 1 fully saturated rings. The molecule has 0 aromatic carbocycles. The van der Waals surface area contributed by atoms with E-state index in [9.17, 15) is 5.11 Å². The summed E-state index contributed by atoms with van der Waals surface area (Å²) in [5, 5.41) is 10.8. The zero-order valence-electron chi connectivity index (χ0n) is 12.8. The summed E-state index contributed by atoms with van der Waals surface area (Å²) < 4.78 is 12.0. The molecule has 110 valence electrons. The van der Waals surface area contributed by atoms with E-state index in [1.165, 1.54) is 6.20 Å². The molecule has 0 radical (unpaired) electrons. The summed E-state index contributed by atoms with van der Waals surface area (Å²) in [6.45, 7) is 11.3. The average molecular weight is 298 g/mol. The highest BCUT2D eigenvalue weighted by Gasteiger charge is 2.53. The standard InChI is InChI=1S/C14H21BClNO3/c1-12(2,18)11-9(7-17-8-10(11)16)15-19-13(3,4)14(5,6)20-15/h7-8,18H,1-6H3.